The van der Waals surface area contributed by atoms with E-state index >= 15 is 0 Å². The summed E-state index contributed by atoms with van der Waals surface area (Å²) >= 11 is 0. The van der Waals surface area contributed by atoms with E-state index < -0.39 is 9.84 Å². The van der Waals surface area contributed by atoms with E-state index in [1.165, 1.54) is 0 Å². The molecule has 2 rings (SSSR count). The van der Waals surface area contributed by atoms with E-state index in [4.69, 9.17) is 9.47 Å². The molecule has 0 bridgehead atoms. The first kappa shape index (κ1) is 15.1. The highest BCUT2D eigenvalue weighted by Gasteiger charge is 2.26. The summed E-state index contributed by atoms with van der Waals surface area (Å²) in [5.41, 5.74) is 0. The normalized spacial score (nSPS) is 20.8. The molecular weight excluding hydrogens is 278 g/mol. The zero-order chi connectivity index (χ0) is 14.4. The average molecular weight is 299 g/mol. The summed E-state index contributed by atoms with van der Waals surface area (Å²) in [7, 11) is -2.81. The minimum atomic E-state index is -2.81. The Balaban J connectivity index is 1.66. The van der Waals surface area contributed by atoms with Crippen LogP contribution in [-0.4, -0.2) is 45.7 Å². The summed E-state index contributed by atoms with van der Waals surface area (Å²) in [5.74, 6) is 2.16. The number of rotatable bonds is 7. The van der Waals surface area contributed by atoms with Crippen molar-refractivity contribution in [2.24, 2.45) is 0 Å². The van der Waals surface area contributed by atoms with E-state index in [0.717, 1.165) is 11.5 Å². The Morgan fingerprint density at radius 3 is 2.40 bits per heavy atom. The highest BCUT2D eigenvalue weighted by Crippen LogP contribution is 2.17. The Hall–Kier alpha value is -1.27. The van der Waals surface area contributed by atoms with Crippen molar-refractivity contribution >= 4 is 9.84 Å². The zero-order valence-corrected chi connectivity index (χ0v) is 12.5. The smallest absolute Gasteiger partial charge is 0.151 e. The lowest BCUT2D eigenvalue weighted by Gasteiger charge is -2.11. The van der Waals surface area contributed by atoms with Crippen LogP contribution in [0.4, 0.5) is 0 Å². The molecule has 1 unspecified atom stereocenters. The molecule has 20 heavy (non-hydrogen) atoms. The van der Waals surface area contributed by atoms with Crippen molar-refractivity contribution in [2.75, 3.05) is 31.3 Å². The van der Waals surface area contributed by atoms with Gasteiger partial charge in [-0.1, -0.05) is 0 Å². The maximum Gasteiger partial charge on any atom is 0.151 e. The molecule has 1 aliphatic heterocycles. The lowest BCUT2D eigenvalue weighted by molar-refractivity contribution is 0.305. The molecule has 1 saturated heterocycles. The van der Waals surface area contributed by atoms with Crippen molar-refractivity contribution in [3.05, 3.63) is 24.3 Å². The molecule has 1 heterocycles. The van der Waals surface area contributed by atoms with Crippen molar-refractivity contribution in [3.63, 3.8) is 0 Å². The van der Waals surface area contributed by atoms with Crippen molar-refractivity contribution in [2.45, 2.75) is 19.4 Å². The predicted molar refractivity (Wildman–Crippen MR) is 78.2 cm³/mol. The largest absolute Gasteiger partial charge is 0.494 e. The SMILES string of the molecule is CCOc1ccc(OCCNC2CCS(=O)(=O)C2)cc1. The molecule has 0 amide bonds. The second-order valence-corrected chi connectivity index (χ2v) is 7.04. The maximum atomic E-state index is 11.3. The highest BCUT2D eigenvalue weighted by atomic mass is 32.2. The van der Waals surface area contributed by atoms with E-state index in [0.29, 0.717) is 31.9 Å². The average Bonchev–Trinajstić information content (AvgIpc) is 2.76. The quantitative estimate of drug-likeness (QED) is 0.768. The maximum absolute atomic E-state index is 11.3. The van der Waals surface area contributed by atoms with Gasteiger partial charge in [0.05, 0.1) is 18.1 Å². The summed E-state index contributed by atoms with van der Waals surface area (Å²) in [6, 6.07) is 7.55. The molecule has 6 heteroatoms. The first-order chi connectivity index (χ1) is 9.59. The predicted octanol–water partition coefficient (Wildman–Crippen LogP) is 1.24. The third-order valence-corrected chi connectivity index (χ3v) is 4.94. The molecule has 1 aliphatic rings. The fourth-order valence-corrected chi connectivity index (χ4v) is 3.89. The summed E-state index contributed by atoms with van der Waals surface area (Å²) in [6.45, 7) is 3.76. The fraction of sp³-hybridized carbons (Fsp3) is 0.571. The summed E-state index contributed by atoms with van der Waals surface area (Å²) < 4.78 is 33.5. The van der Waals surface area contributed by atoms with Crippen LogP contribution in [0.1, 0.15) is 13.3 Å². The number of nitrogens with one attached hydrogen (secondary N) is 1. The Morgan fingerprint density at radius 2 is 1.85 bits per heavy atom. The van der Waals surface area contributed by atoms with Crippen LogP contribution in [0, 0.1) is 0 Å². The van der Waals surface area contributed by atoms with E-state index in [1.807, 2.05) is 31.2 Å². The van der Waals surface area contributed by atoms with Gasteiger partial charge in [-0.25, -0.2) is 8.42 Å². The van der Waals surface area contributed by atoms with Gasteiger partial charge in [-0.2, -0.15) is 0 Å². The van der Waals surface area contributed by atoms with Gasteiger partial charge in [-0.3, -0.25) is 0 Å². The summed E-state index contributed by atoms with van der Waals surface area (Å²) in [4.78, 5) is 0. The molecule has 1 aromatic rings. The van der Waals surface area contributed by atoms with E-state index in [-0.39, 0.29) is 11.8 Å². The van der Waals surface area contributed by atoms with Gasteiger partial charge in [0.15, 0.2) is 9.84 Å². The first-order valence-electron chi connectivity index (χ1n) is 6.88. The highest BCUT2D eigenvalue weighted by molar-refractivity contribution is 7.91. The summed E-state index contributed by atoms with van der Waals surface area (Å²) in [6.07, 6.45) is 0.700. The first-order valence-corrected chi connectivity index (χ1v) is 8.70. The minimum Gasteiger partial charge on any atom is -0.494 e. The number of ether oxygens (including phenoxy) is 2. The Kier molecular flexibility index (Phi) is 5.25. The van der Waals surface area contributed by atoms with Crippen LogP contribution in [0.3, 0.4) is 0 Å². The lowest BCUT2D eigenvalue weighted by Crippen LogP contribution is -2.33. The second-order valence-electron chi connectivity index (χ2n) is 4.81. The van der Waals surface area contributed by atoms with Crippen molar-refractivity contribution < 1.29 is 17.9 Å². The van der Waals surface area contributed by atoms with Crippen molar-refractivity contribution in [1.29, 1.82) is 0 Å². The molecule has 1 aromatic carbocycles. The molecular formula is C14H21NO4S. The van der Waals surface area contributed by atoms with Gasteiger partial charge in [0.25, 0.3) is 0 Å². The van der Waals surface area contributed by atoms with Crippen LogP contribution >= 0.6 is 0 Å². The van der Waals surface area contributed by atoms with E-state index in [2.05, 4.69) is 5.32 Å². The molecule has 5 nitrogen and oxygen atoms in total. The molecule has 0 saturated carbocycles. The van der Waals surface area contributed by atoms with Gasteiger partial charge in [0.1, 0.15) is 18.1 Å². The molecule has 0 aliphatic carbocycles. The van der Waals surface area contributed by atoms with Crippen molar-refractivity contribution in [1.82, 2.24) is 5.32 Å². The molecule has 0 aromatic heterocycles. The fourth-order valence-electron chi connectivity index (χ4n) is 2.19. The van der Waals surface area contributed by atoms with Crippen LogP contribution in [0.15, 0.2) is 24.3 Å². The van der Waals surface area contributed by atoms with Gasteiger partial charge in [-0.05, 0) is 37.6 Å². The van der Waals surface area contributed by atoms with Crippen LogP contribution in [0.5, 0.6) is 11.5 Å². The van der Waals surface area contributed by atoms with Crippen molar-refractivity contribution in [3.8, 4) is 11.5 Å². The third kappa shape index (κ3) is 4.68. The third-order valence-electron chi connectivity index (χ3n) is 3.17. The van der Waals surface area contributed by atoms with Gasteiger partial charge >= 0.3 is 0 Å². The van der Waals surface area contributed by atoms with E-state index in [1.54, 1.807) is 0 Å². The van der Waals surface area contributed by atoms with Gasteiger partial charge < -0.3 is 14.8 Å². The zero-order valence-electron chi connectivity index (χ0n) is 11.7. The number of hydrogen-bond donors (Lipinski definition) is 1. The molecule has 0 spiro atoms. The van der Waals surface area contributed by atoms with Gasteiger partial charge in [0.2, 0.25) is 0 Å². The monoisotopic (exact) mass is 299 g/mol. The molecule has 0 radical (unpaired) electrons. The Morgan fingerprint density at radius 1 is 1.20 bits per heavy atom. The Labute approximate surface area is 120 Å². The minimum absolute atomic E-state index is 0.0731. The standard InChI is InChI=1S/C14H21NO4S/c1-2-18-13-3-5-14(6-4-13)19-9-8-15-12-7-10-20(16,17)11-12/h3-6,12,15H,2,7-11H2,1H3. The number of benzene rings is 1. The Bertz CT molecular complexity index is 512. The molecule has 1 atom stereocenters. The van der Waals surface area contributed by atoms with Crippen LogP contribution in [0.2, 0.25) is 0 Å². The van der Waals surface area contributed by atoms with E-state index in [9.17, 15) is 8.42 Å². The van der Waals surface area contributed by atoms with Gasteiger partial charge in [-0.15, -0.1) is 0 Å². The van der Waals surface area contributed by atoms with Crippen LogP contribution < -0.4 is 14.8 Å². The van der Waals surface area contributed by atoms with Crippen LogP contribution in [0.25, 0.3) is 0 Å². The number of hydrogen-bond acceptors (Lipinski definition) is 5. The second kappa shape index (κ2) is 6.95. The molecule has 112 valence electrons. The lowest BCUT2D eigenvalue weighted by atomic mass is 10.3. The number of sulfone groups is 1. The topological polar surface area (TPSA) is 64.6 Å². The van der Waals surface area contributed by atoms with Gasteiger partial charge in [0, 0.05) is 12.6 Å². The molecule has 1 N–H and O–H groups in total. The summed E-state index contributed by atoms with van der Waals surface area (Å²) in [5, 5.41) is 3.21. The van der Waals surface area contributed by atoms with Crippen LogP contribution in [-0.2, 0) is 9.84 Å². The molecule has 1 fully saturated rings.